The Morgan fingerprint density at radius 3 is 2.50 bits per heavy atom. The van der Waals surface area contributed by atoms with E-state index >= 15 is 0 Å². The number of hydrogen-bond donors (Lipinski definition) is 0. The molecule has 0 aliphatic carbocycles. The van der Waals surface area contributed by atoms with Crippen molar-refractivity contribution in [1.82, 2.24) is 0 Å². The van der Waals surface area contributed by atoms with Crippen molar-refractivity contribution in [3.8, 4) is 0 Å². The Hall–Kier alpha value is -0.0831. The predicted octanol–water partition coefficient (Wildman–Crippen LogP) is 1.44. The van der Waals surface area contributed by atoms with Crippen molar-refractivity contribution in [2.24, 2.45) is 0 Å². The van der Waals surface area contributed by atoms with Crippen molar-refractivity contribution in [3.05, 3.63) is 16.8 Å². The molecule has 0 bridgehead atoms. The van der Waals surface area contributed by atoms with Crippen LogP contribution in [0.1, 0.15) is 0 Å². The maximum absolute atomic E-state index is 2.35. The highest BCUT2D eigenvalue weighted by molar-refractivity contribution is 7.09. The fraction of sp³-hybridized carbons (Fsp3) is 0.333. The molecule has 1 rings (SSSR count). The molecule has 0 fully saturated rings. The molecule has 2 heteroatoms. The van der Waals surface area contributed by atoms with Crippen molar-refractivity contribution >= 4 is 25.3 Å². The van der Waals surface area contributed by atoms with Crippen molar-refractivity contribution in [2.75, 3.05) is 0 Å². The van der Waals surface area contributed by atoms with Crippen molar-refractivity contribution in [1.29, 1.82) is 0 Å². The van der Waals surface area contributed by atoms with E-state index in [9.17, 15) is 0 Å². The SMILES string of the molecule is C[SiH](C)c1ccsc1. The number of rotatable bonds is 1. The Morgan fingerprint density at radius 2 is 2.25 bits per heavy atom. The maximum atomic E-state index is 2.35. The van der Waals surface area contributed by atoms with Crippen LogP contribution < -0.4 is 5.19 Å². The third-order valence-electron chi connectivity index (χ3n) is 1.21. The molecule has 44 valence electrons. The summed E-state index contributed by atoms with van der Waals surface area (Å²) in [4.78, 5) is 0. The molecule has 0 unspecified atom stereocenters. The lowest BCUT2D eigenvalue weighted by Gasteiger charge is -1.93. The van der Waals surface area contributed by atoms with E-state index in [-0.39, 0.29) is 0 Å². The molecule has 1 aromatic heterocycles. The van der Waals surface area contributed by atoms with Gasteiger partial charge >= 0.3 is 0 Å². The molecule has 1 heterocycles. The second-order valence-electron chi connectivity index (χ2n) is 2.21. The molecule has 8 heavy (non-hydrogen) atoms. The summed E-state index contributed by atoms with van der Waals surface area (Å²) in [6.07, 6.45) is 0. The second-order valence-corrected chi connectivity index (χ2v) is 5.97. The summed E-state index contributed by atoms with van der Waals surface area (Å²) in [5.41, 5.74) is 0. The molecule has 0 aromatic carbocycles. The minimum atomic E-state index is -0.470. The first-order valence-corrected chi connectivity index (χ1v) is 6.66. The average Bonchev–Trinajstić information content (AvgIpc) is 2.12. The summed E-state index contributed by atoms with van der Waals surface area (Å²) in [7, 11) is -0.470. The number of thiophene rings is 1. The number of hydrogen-bond acceptors (Lipinski definition) is 1. The third-order valence-corrected chi connectivity index (χ3v) is 3.85. The molecule has 0 radical (unpaired) electrons. The molecule has 0 aliphatic rings. The summed E-state index contributed by atoms with van der Waals surface area (Å²) < 4.78 is 0. The minimum Gasteiger partial charge on any atom is -0.153 e. The van der Waals surface area contributed by atoms with E-state index in [0.717, 1.165) is 0 Å². The van der Waals surface area contributed by atoms with Crippen LogP contribution in [0.2, 0.25) is 13.1 Å². The van der Waals surface area contributed by atoms with Gasteiger partial charge in [0, 0.05) is 0 Å². The fourth-order valence-electron chi connectivity index (χ4n) is 0.604. The molecule has 0 amide bonds. The lowest BCUT2D eigenvalue weighted by atomic mass is 10.7. The zero-order valence-electron chi connectivity index (χ0n) is 5.22. The molecular weight excluding hydrogens is 132 g/mol. The molecule has 0 aliphatic heterocycles. The molecule has 0 spiro atoms. The third kappa shape index (κ3) is 1.20. The normalized spacial score (nSPS) is 10.4. The van der Waals surface area contributed by atoms with Gasteiger partial charge in [-0.2, -0.15) is 11.3 Å². The second kappa shape index (κ2) is 2.46. The van der Waals surface area contributed by atoms with Gasteiger partial charge in [-0.05, 0) is 10.8 Å². The Bertz CT molecular complexity index is 144. The molecule has 0 saturated heterocycles. The Kier molecular flexibility index (Phi) is 1.86. The van der Waals surface area contributed by atoms with Crippen molar-refractivity contribution in [3.63, 3.8) is 0 Å². The topological polar surface area (TPSA) is 0 Å². The Morgan fingerprint density at radius 1 is 1.50 bits per heavy atom. The van der Waals surface area contributed by atoms with Gasteiger partial charge < -0.3 is 0 Å². The monoisotopic (exact) mass is 142 g/mol. The van der Waals surface area contributed by atoms with Crippen molar-refractivity contribution in [2.45, 2.75) is 13.1 Å². The first-order chi connectivity index (χ1) is 3.80. The van der Waals surface area contributed by atoms with E-state index in [0.29, 0.717) is 0 Å². The van der Waals surface area contributed by atoms with Gasteiger partial charge in [-0.3, -0.25) is 0 Å². The first kappa shape index (κ1) is 6.04. The Balaban J connectivity index is 2.77. The van der Waals surface area contributed by atoms with Gasteiger partial charge in [0.25, 0.3) is 0 Å². The maximum Gasteiger partial charge on any atom is 0.0658 e. The highest BCUT2D eigenvalue weighted by Gasteiger charge is 1.97. The van der Waals surface area contributed by atoms with E-state index in [2.05, 4.69) is 29.9 Å². The molecule has 0 nitrogen and oxygen atoms in total. The molecule has 0 N–H and O–H groups in total. The summed E-state index contributed by atoms with van der Waals surface area (Å²) in [6.45, 7) is 4.70. The molecule has 1 aromatic rings. The molecule has 0 atom stereocenters. The minimum absolute atomic E-state index is 0.470. The van der Waals surface area contributed by atoms with E-state index in [1.54, 1.807) is 16.5 Å². The van der Waals surface area contributed by atoms with Crippen LogP contribution in [0.3, 0.4) is 0 Å². The zero-order chi connectivity index (χ0) is 5.98. The van der Waals surface area contributed by atoms with Crippen LogP contribution >= 0.6 is 11.3 Å². The van der Waals surface area contributed by atoms with Crippen LogP contribution in [0, 0.1) is 0 Å². The van der Waals surface area contributed by atoms with E-state index in [4.69, 9.17) is 0 Å². The van der Waals surface area contributed by atoms with Gasteiger partial charge in [0.2, 0.25) is 0 Å². The van der Waals surface area contributed by atoms with Crippen molar-refractivity contribution < 1.29 is 0 Å². The van der Waals surface area contributed by atoms with Crippen LogP contribution in [0.5, 0.6) is 0 Å². The summed E-state index contributed by atoms with van der Waals surface area (Å²) >= 11 is 1.80. The Labute approximate surface area is 55.8 Å². The fourth-order valence-corrected chi connectivity index (χ4v) is 3.10. The predicted molar refractivity (Wildman–Crippen MR) is 42.8 cm³/mol. The summed E-state index contributed by atoms with van der Waals surface area (Å²) in [5.74, 6) is 0. The van der Waals surface area contributed by atoms with E-state index < -0.39 is 8.80 Å². The summed E-state index contributed by atoms with van der Waals surface area (Å²) in [6, 6.07) is 2.24. The van der Waals surface area contributed by atoms with Crippen LogP contribution in [0.25, 0.3) is 0 Å². The van der Waals surface area contributed by atoms with Gasteiger partial charge in [0.15, 0.2) is 0 Å². The van der Waals surface area contributed by atoms with Gasteiger partial charge in [0.05, 0.1) is 8.80 Å². The van der Waals surface area contributed by atoms with Gasteiger partial charge in [-0.15, -0.1) is 0 Å². The van der Waals surface area contributed by atoms with Crippen LogP contribution in [-0.2, 0) is 0 Å². The highest BCUT2D eigenvalue weighted by Crippen LogP contribution is 1.94. The smallest absolute Gasteiger partial charge is 0.0658 e. The lowest BCUT2D eigenvalue weighted by molar-refractivity contribution is 1.95. The van der Waals surface area contributed by atoms with Crippen LogP contribution in [0.15, 0.2) is 16.8 Å². The van der Waals surface area contributed by atoms with E-state index in [1.165, 1.54) is 0 Å². The quantitative estimate of drug-likeness (QED) is 0.521. The summed E-state index contributed by atoms with van der Waals surface area (Å²) in [5, 5.41) is 6.01. The molecular formula is C6H10SSi. The first-order valence-electron chi connectivity index (χ1n) is 2.83. The standard InChI is InChI=1S/C6H10SSi/c1-8(2)6-3-4-7-5-6/h3-5,8H,1-2H3. The van der Waals surface area contributed by atoms with Gasteiger partial charge in [-0.25, -0.2) is 0 Å². The zero-order valence-corrected chi connectivity index (χ0v) is 7.19. The lowest BCUT2D eigenvalue weighted by Crippen LogP contribution is -2.19. The van der Waals surface area contributed by atoms with Crippen LogP contribution in [-0.4, -0.2) is 8.80 Å². The average molecular weight is 142 g/mol. The largest absolute Gasteiger partial charge is 0.153 e. The highest BCUT2D eigenvalue weighted by atomic mass is 32.1. The molecule has 0 saturated carbocycles. The van der Waals surface area contributed by atoms with E-state index in [1.807, 2.05) is 0 Å². The van der Waals surface area contributed by atoms with Gasteiger partial charge in [0.1, 0.15) is 0 Å². The van der Waals surface area contributed by atoms with Gasteiger partial charge in [-0.1, -0.05) is 24.3 Å². The van der Waals surface area contributed by atoms with Crippen LogP contribution in [0.4, 0.5) is 0 Å².